The third-order valence-corrected chi connectivity index (χ3v) is 4.65. The standard InChI is InChI=1S/C15H20BN5O4/c17-13-19-14(18)21(15(20-13)6-2-1-3-7-15)11-8-9(12(22)23)4-5-10(11)16(24)25/h4-5,8,24-25H,1-3,6-7H2,(H,22,23)(H4,17,18,19,20). The Morgan fingerprint density at radius 1 is 1.20 bits per heavy atom. The number of rotatable bonds is 3. The number of guanidine groups is 2. The van der Waals surface area contributed by atoms with Crippen molar-refractivity contribution in [3.63, 3.8) is 0 Å². The van der Waals surface area contributed by atoms with Crippen LogP contribution in [0.25, 0.3) is 0 Å². The molecule has 0 atom stereocenters. The highest BCUT2D eigenvalue weighted by molar-refractivity contribution is 6.61. The number of benzene rings is 1. The number of carbonyl (C=O) groups is 1. The van der Waals surface area contributed by atoms with Crippen LogP contribution in [0.3, 0.4) is 0 Å². The molecule has 3 rings (SSSR count). The van der Waals surface area contributed by atoms with Crippen molar-refractivity contribution in [1.82, 2.24) is 0 Å². The Morgan fingerprint density at radius 2 is 1.88 bits per heavy atom. The van der Waals surface area contributed by atoms with Gasteiger partial charge in [-0.2, -0.15) is 4.99 Å². The van der Waals surface area contributed by atoms with Crippen molar-refractivity contribution in [3.05, 3.63) is 23.8 Å². The molecule has 2 aliphatic rings. The largest absolute Gasteiger partial charge is 0.490 e. The van der Waals surface area contributed by atoms with E-state index >= 15 is 0 Å². The molecule has 1 heterocycles. The lowest BCUT2D eigenvalue weighted by Crippen LogP contribution is -2.60. The lowest BCUT2D eigenvalue weighted by atomic mass is 9.77. The number of nitrogens with zero attached hydrogens (tertiary/aromatic N) is 3. The summed E-state index contributed by atoms with van der Waals surface area (Å²) in [4.78, 5) is 21.5. The van der Waals surface area contributed by atoms with E-state index in [9.17, 15) is 19.9 Å². The first-order valence-corrected chi connectivity index (χ1v) is 8.07. The van der Waals surface area contributed by atoms with Crippen LogP contribution in [-0.2, 0) is 0 Å². The van der Waals surface area contributed by atoms with Gasteiger partial charge in [0, 0.05) is 11.2 Å². The number of aromatic carboxylic acids is 1. The molecule has 1 aromatic rings. The predicted molar refractivity (Wildman–Crippen MR) is 94.8 cm³/mol. The first-order chi connectivity index (χ1) is 11.8. The van der Waals surface area contributed by atoms with E-state index < -0.39 is 18.8 Å². The van der Waals surface area contributed by atoms with Crippen molar-refractivity contribution >= 4 is 36.2 Å². The number of anilines is 1. The summed E-state index contributed by atoms with van der Waals surface area (Å²) in [6.45, 7) is 0. The molecule has 25 heavy (non-hydrogen) atoms. The molecule has 0 radical (unpaired) electrons. The number of carboxylic acids is 1. The van der Waals surface area contributed by atoms with E-state index in [0.717, 1.165) is 19.3 Å². The lowest BCUT2D eigenvalue weighted by Gasteiger charge is -2.46. The molecule has 1 spiro atoms. The Balaban J connectivity index is 2.19. The van der Waals surface area contributed by atoms with Gasteiger partial charge in [0.25, 0.3) is 0 Å². The summed E-state index contributed by atoms with van der Waals surface area (Å²) in [5.41, 5.74) is 11.5. The molecule has 0 amide bonds. The maximum absolute atomic E-state index is 11.4. The number of carboxylic acid groups (broad SMARTS) is 1. The topological polar surface area (TPSA) is 158 Å². The average Bonchev–Trinajstić information content (AvgIpc) is 2.54. The summed E-state index contributed by atoms with van der Waals surface area (Å²) in [5.74, 6) is -1.01. The molecule has 132 valence electrons. The van der Waals surface area contributed by atoms with Gasteiger partial charge in [-0.1, -0.05) is 12.5 Å². The molecule has 1 fully saturated rings. The molecule has 1 aliphatic carbocycles. The first-order valence-electron chi connectivity index (χ1n) is 8.07. The van der Waals surface area contributed by atoms with Crippen LogP contribution >= 0.6 is 0 Å². The van der Waals surface area contributed by atoms with Crippen LogP contribution in [0, 0.1) is 0 Å². The highest BCUT2D eigenvalue weighted by Gasteiger charge is 2.44. The first kappa shape index (κ1) is 17.2. The van der Waals surface area contributed by atoms with E-state index in [1.165, 1.54) is 18.2 Å². The van der Waals surface area contributed by atoms with Gasteiger partial charge in [0.15, 0.2) is 0 Å². The normalized spacial score (nSPS) is 19.4. The highest BCUT2D eigenvalue weighted by Crippen LogP contribution is 2.39. The predicted octanol–water partition coefficient (Wildman–Crippen LogP) is -0.826. The minimum Gasteiger partial charge on any atom is -0.478 e. The van der Waals surface area contributed by atoms with Gasteiger partial charge in [0.2, 0.25) is 11.9 Å². The van der Waals surface area contributed by atoms with Crippen LogP contribution < -0.4 is 21.8 Å². The van der Waals surface area contributed by atoms with Crippen LogP contribution in [0.2, 0.25) is 0 Å². The summed E-state index contributed by atoms with van der Waals surface area (Å²) in [6.07, 6.45) is 4.16. The smallest absolute Gasteiger partial charge is 0.478 e. The van der Waals surface area contributed by atoms with Gasteiger partial charge in [0.1, 0.15) is 5.66 Å². The third-order valence-electron chi connectivity index (χ3n) is 4.65. The van der Waals surface area contributed by atoms with E-state index in [4.69, 9.17) is 11.5 Å². The molecule has 7 N–H and O–H groups in total. The second-order valence-electron chi connectivity index (χ2n) is 6.27. The summed E-state index contributed by atoms with van der Waals surface area (Å²) in [7, 11) is -1.80. The summed E-state index contributed by atoms with van der Waals surface area (Å²) in [6, 6.07) is 4.02. The monoisotopic (exact) mass is 345 g/mol. The second kappa shape index (κ2) is 6.38. The number of aliphatic imine (C=N–C) groups is 2. The summed E-state index contributed by atoms with van der Waals surface area (Å²) in [5, 5.41) is 28.8. The van der Waals surface area contributed by atoms with Gasteiger partial charge in [-0.25, -0.2) is 9.79 Å². The molecule has 9 nitrogen and oxygen atoms in total. The Morgan fingerprint density at radius 3 is 2.48 bits per heavy atom. The van der Waals surface area contributed by atoms with E-state index in [-0.39, 0.29) is 28.6 Å². The van der Waals surface area contributed by atoms with E-state index in [0.29, 0.717) is 12.8 Å². The minimum absolute atomic E-state index is 0.000634. The zero-order valence-electron chi connectivity index (χ0n) is 13.6. The molecular formula is C15H20BN5O4. The van der Waals surface area contributed by atoms with Gasteiger partial charge in [-0.3, -0.25) is 4.90 Å². The number of hydrogen-bond donors (Lipinski definition) is 5. The number of hydrogen-bond acceptors (Lipinski definition) is 8. The van der Waals surface area contributed by atoms with Crippen molar-refractivity contribution in [2.24, 2.45) is 21.5 Å². The van der Waals surface area contributed by atoms with Crippen molar-refractivity contribution in [2.45, 2.75) is 37.8 Å². The van der Waals surface area contributed by atoms with Crippen LogP contribution in [0.15, 0.2) is 28.2 Å². The quantitative estimate of drug-likeness (QED) is 0.447. The molecule has 0 saturated heterocycles. The zero-order chi connectivity index (χ0) is 18.2. The molecular weight excluding hydrogens is 325 g/mol. The number of nitrogens with two attached hydrogens (primary N) is 2. The Labute approximate surface area is 144 Å². The van der Waals surface area contributed by atoms with Gasteiger partial charge < -0.3 is 26.6 Å². The van der Waals surface area contributed by atoms with E-state index in [1.54, 1.807) is 4.90 Å². The highest BCUT2D eigenvalue weighted by atomic mass is 16.4. The van der Waals surface area contributed by atoms with Crippen LogP contribution in [-0.4, -0.2) is 45.8 Å². The zero-order valence-corrected chi connectivity index (χ0v) is 13.6. The molecule has 0 bridgehead atoms. The third kappa shape index (κ3) is 3.05. The SMILES string of the molecule is NC1=NC2(CCCCC2)N(c2cc(C(=O)O)ccc2B(O)O)C(N)=N1. The van der Waals surface area contributed by atoms with Crippen LogP contribution in [0.4, 0.5) is 5.69 Å². The Kier molecular flexibility index (Phi) is 4.40. The van der Waals surface area contributed by atoms with Crippen molar-refractivity contribution in [2.75, 3.05) is 4.90 Å². The van der Waals surface area contributed by atoms with Crippen LogP contribution in [0.5, 0.6) is 0 Å². The summed E-state index contributed by atoms with van der Waals surface area (Å²) >= 11 is 0. The van der Waals surface area contributed by atoms with Gasteiger partial charge in [-0.15, -0.1) is 0 Å². The van der Waals surface area contributed by atoms with Crippen molar-refractivity contribution in [1.29, 1.82) is 0 Å². The second-order valence-corrected chi connectivity index (χ2v) is 6.27. The van der Waals surface area contributed by atoms with E-state index in [1.807, 2.05) is 0 Å². The fourth-order valence-electron chi connectivity index (χ4n) is 3.56. The molecule has 0 unspecified atom stereocenters. The van der Waals surface area contributed by atoms with Crippen LogP contribution in [0.1, 0.15) is 42.5 Å². The maximum atomic E-state index is 11.4. The van der Waals surface area contributed by atoms with Gasteiger partial charge in [0.05, 0.1) is 5.56 Å². The summed E-state index contributed by atoms with van der Waals surface area (Å²) < 4.78 is 0. The fraction of sp³-hybridized carbons (Fsp3) is 0.400. The van der Waals surface area contributed by atoms with E-state index in [2.05, 4.69) is 9.98 Å². The van der Waals surface area contributed by atoms with Gasteiger partial charge in [-0.05, 0) is 37.8 Å². The Bertz CT molecular complexity index is 758. The molecule has 1 saturated carbocycles. The fourth-order valence-corrected chi connectivity index (χ4v) is 3.56. The Hall–Kier alpha value is -2.59. The average molecular weight is 345 g/mol. The molecule has 10 heteroatoms. The molecule has 0 aromatic heterocycles. The minimum atomic E-state index is -1.80. The van der Waals surface area contributed by atoms with Gasteiger partial charge >= 0.3 is 13.1 Å². The van der Waals surface area contributed by atoms with Crippen molar-refractivity contribution in [3.8, 4) is 0 Å². The maximum Gasteiger partial charge on any atom is 0.490 e. The molecule has 1 aromatic carbocycles. The van der Waals surface area contributed by atoms with Crippen molar-refractivity contribution < 1.29 is 19.9 Å². The molecule has 1 aliphatic heterocycles. The lowest BCUT2D eigenvalue weighted by molar-refractivity contribution is 0.0697.